The number of piperidine rings is 1. The van der Waals surface area contributed by atoms with E-state index < -0.39 is 0 Å². The zero-order valence-electron chi connectivity index (χ0n) is 7.42. The summed E-state index contributed by atoms with van der Waals surface area (Å²) in [7, 11) is 0. The van der Waals surface area contributed by atoms with Gasteiger partial charge in [0.2, 0.25) is 0 Å². The first-order valence-corrected chi connectivity index (χ1v) is 4.63. The van der Waals surface area contributed by atoms with Crippen molar-refractivity contribution in [3.8, 4) is 0 Å². The van der Waals surface area contributed by atoms with Gasteiger partial charge in [0.15, 0.2) is 0 Å². The maximum atomic E-state index is 5.45. The molecule has 0 saturated carbocycles. The smallest absolute Gasteiger partial charge is 0.0968 e. The van der Waals surface area contributed by atoms with E-state index >= 15 is 0 Å². The number of fused-ring (bicyclic) bond motifs is 1. The van der Waals surface area contributed by atoms with Gasteiger partial charge in [-0.2, -0.15) is 0 Å². The quantitative estimate of drug-likeness (QED) is 0.555. The molecule has 0 aromatic rings. The molecule has 0 bridgehead atoms. The fourth-order valence-electron chi connectivity index (χ4n) is 1.93. The monoisotopic (exact) mass is 155 g/mol. The Morgan fingerprint density at radius 1 is 1.45 bits per heavy atom. The van der Waals surface area contributed by atoms with Crippen LogP contribution < -0.4 is 0 Å². The standard InChI is InChI=1S/C9H17NO/c1-7(2)5-10-4-3-8-9(6-10)11-8/h7-9H,3-6H2,1-2H3. The predicted molar refractivity (Wildman–Crippen MR) is 44.6 cm³/mol. The largest absolute Gasteiger partial charge is 0.368 e. The van der Waals surface area contributed by atoms with Crippen molar-refractivity contribution < 1.29 is 4.74 Å². The van der Waals surface area contributed by atoms with Crippen molar-refractivity contribution in [2.75, 3.05) is 19.6 Å². The molecule has 64 valence electrons. The molecule has 2 nitrogen and oxygen atoms in total. The van der Waals surface area contributed by atoms with E-state index in [1.165, 1.54) is 26.1 Å². The SMILES string of the molecule is CC(C)CN1CCC2OC2C1. The normalized spacial score (nSPS) is 37.4. The molecular formula is C9H17NO. The lowest BCUT2D eigenvalue weighted by molar-refractivity contribution is 0.220. The summed E-state index contributed by atoms with van der Waals surface area (Å²) in [5, 5.41) is 0. The molecule has 0 aromatic carbocycles. The molecule has 11 heavy (non-hydrogen) atoms. The Kier molecular flexibility index (Phi) is 1.90. The van der Waals surface area contributed by atoms with E-state index in [2.05, 4.69) is 18.7 Å². The average molecular weight is 155 g/mol. The lowest BCUT2D eigenvalue weighted by Crippen LogP contribution is -2.36. The highest BCUT2D eigenvalue weighted by molar-refractivity contribution is 4.92. The van der Waals surface area contributed by atoms with Crippen molar-refractivity contribution in [1.29, 1.82) is 0 Å². The van der Waals surface area contributed by atoms with Crippen LogP contribution in [0.2, 0.25) is 0 Å². The number of likely N-dealkylation sites (tertiary alicyclic amines) is 1. The fraction of sp³-hybridized carbons (Fsp3) is 1.00. The minimum absolute atomic E-state index is 0.600. The Bertz CT molecular complexity index is 144. The second-order valence-electron chi connectivity index (χ2n) is 4.16. The van der Waals surface area contributed by atoms with Crippen molar-refractivity contribution in [1.82, 2.24) is 4.90 Å². The highest BCUT2D eigenvalue weighted by Gasteiger charge is 2.42. The third kappa shape index (κ3) is 1.74. The number of epoxide rings is 1. The van der Waals surface area contributed by atoms with Crippen LogP contribution in [0.1, 0.15) is 20.3 Å². The first kappa shape index (κ1) is 7.56. The molecule has 2 aliphatic heterocycles. The van der Waals surface area contributed by atoms with Crippen molar-refractivity contribution >= 4 is 0 Å². The maximum absolute atomic E-state index is 5.45. The number of nitrogens with zero attached hydrogens (tertiary/aromatic N) is 1. The molecule has 2 heterocycles. The molecule has 0 radical (unpaired) electrons. The molecule has 2 fully saturated rings. The van der Waals surface area contributed by atoms with Gasteiger partial charge in [0.25, 0.3) is 0 Å². The van der Waals surface area contributed by atoms with Gasteiger partial charge in [0, 0.05) is 19.6 Å². The summed E-state index contributed by atoms with van der Waals surface area (Å²) in [6.07, 6.45) is 2.50. The summed E-state index contributed by atoms with van der Waals surface area (Å²) in [6.45, 7) is 8.23. The second kappa shape index (κ2) is 2.76. The van der Waals surface area contributed by atoms with Gasteiger partial charge < -0.3 is 9.64 Å². The minimum Gasteiger partial charge on any atom is -0.368 e. The number of ether oxygens (including phenoxy) is 1. The first-order valence-electron chi connectivity index (χ1n) is 4.63. The van der Waals surface area contributed by atoms with Gasteiger partial charge in [-0.15, -0.1) is 0 Å². The Balaban J connectivity index is 1.76. The van der Waals surface area contributed by atoms with E-state index in [4.69, 9.17) is 4.74 Å². The van der Waals surface area contributed by atoms with Gasteiger partial charge in [0.05, 0.1) is 12.2 Å². The molecule has 2 unspecified atom stereocenters. The summed E-state index contributed by atoms with van der Waals surface area (Å²) >= 11 is 0. The molecule has 2 heteroatoms. The van der Waals surface area contributed by atoms with Crippen LogP contribution in [0, 0.1) is 5.92 Å². The summed E-state index contributed by atoms with van der Waals surface area (Å²) in [5.74, 6) is 0.797. The van der Waals surface area contributed by atoms with Crippen LogP contribution in [-0.4, -0.2) is 36.7 Å². The Morgan fingerprint density at radius 2 is 2.27 bits per heavy atom. The van der Waals surface area contributed by atoms with Crippen LogP contribution >= 0.6 is 0 Å². The highest BCUT2D eigenvalue weighted by Crippen LogP contribution is 2.30. The Morgan fingerprint density at radius 3 is 2.91 bits per heavy atom. The summed E-state index contributed by atoms with van der Waals surface area (Å²) in [5.41, 5.74) is 0. The highest BCUT2D eigenvalue weighted by atomic mass is 16.6. The molecule has 0 aromatic heterocycles. The van der Waals surface area contributed by atoms with E-state index in [1.807, 2.05) is 0 Å². The molecule has 2 aliphatic rings. The number of hydrogen-bond acceptors (Lipinski definition) is 2. The van der Waals surface area contributed by atoms with Crippen molar-refractivity contribution in [3.63, 3.8) is 0 Å². The third-order valence-corrected chi connectivity index (χ3v) is 2.48. The fourth-order valence-corrected chi connectivity index (χ4v) is 1.93. The Labute approximate surface area is 68.5 Å². The summed E-state index contributed by atoms with van der Waals surface area (Å²) in [6, 6.07) is 0. The maximum Gasteiger partial charge on any atom is 0.0968 e. The molecule has 0 N–H and O–H groups in total. The zero-order chi connectivity index (χ0) is 7.84. The van der Waals surface area contributed by atoms with E-state index in [9.17, 15) is 0 Å². The molecule has 0 amide bonds. The van der Waals surface area contributed by atoms with Crippen LogP contribution in [-0.2, 0) is 4.74 Å². The van der Waals surface area contributed by atoms with Crippen molar-refractivity contribution in [2.45, 2.75) is 32.5 Å². The lowest BCUT2D eigenvalue weighted by Gasteiger charge is -2.25. The second-order valence-corrected chi connectivity index (χ2v) is 4.16. The minimum atomic E-state index is 0.600. The van der Waals surface area contributed by atoms with Crippen molar-refractivity contribution in [2.24, 2.45) is 5.92 Å². The van der Waals surface area contributed by atoms with E-state index in [0.29, 0.717) is 12.2 Å². The van der Waals surface area contributed by atoms with Crippen LogP contribution in [0.3, 0.4) is 0 Å². The third-order valence-electron chi connectivity index (χ3n) is 2.48. The van der Waals surface area contributed by atoms with Crippen LogP contribution in [0.5, 0.6) is 0 Å². The molecular weight excluding hydrogens is 138 g/mol. The van der Waals surface area contributed by atoms with Gasteiger partial charge in [-0.05, 0) is 12.3 Å². The summed E-state index contributed by atoms with van der Waals surface area (Å²) < 4.78 is 5.45. The lowest BCUT2D eigenvalue weighted by atomic mass is 10.1. The van der Waals surface area contributed by atoms with Gasteiger partial charge in [0.1, 0.15) is 0 Å². The zero-order valence-corrected chi connectivity index (χ0v) is 7.42. The Hall–Kier alpha value is -0.0800. The first-order chi connectivity index (χ1) is 5.25. The van der Waals surface area contributed by atoms with E-state index in [-0.39, 0.29) is 0 Å². The van der Waals surface area contributed by atoms with Gasteiger partial charge >= 0.3 is 0 Å². The number of hydrogen-bond donors (Lipinski definition) is 0. The van der Waals surface area contributed by atoms with Crippen molar-refractivity contribution in [3.05, 3.63) is 0 Å². The van der Waals surface area contributed by atoms with E-state index in [1.54, 1.807) is 0 Å². The van der Waals surface area contributed by atoms with Gasteiger partial charge in [-0.25, -0.2) is 0 Å². The molecule has 0 aliphatic carbocycles. The van der Waals surface area contributed by atoms with E-state index in [0.717, 1.165) is 5.92 Å². The molecule has 2 atom stereocenters. The van der Waals surface area contributed by atoms with Crippen LogP contribution in [0.25, 0.3) is 0 Å². The topological polar surface area (TPSA) is 15.8 Å². The molecule has 0 spiro atoms. The van der Waals surface area contributed by atoms with Crippen LogP contribution in [0.15, 0.2) is 0 Å². The van der Waals surface area contributed by atoms with Crippen LogP contribution in [0.4, 0.5) is 0 Å². The number of rotatable bonds is 2. The molecule has 2 rings (SSSR count). The average Bonchev–Trinajstić information content (AvgIpc) is 2.63. The van der Waals surface area contributed by atoms with Gasteiger partial charge in [-0.1, -0.05) is 13.8 Å². The summed E-state index contributed by atoms with van der Waals surface area (Å²) in [4.78, 5) is 2.53. The van der Waals surface area contributed by atoms with Gasteiger partial charge in [-0.3, -0.25) is 0 Å². The molecule has 2 saturated heterocycles. The predicted octanol–water partition coefficient (Wildman–Crippen LogP) is 1.12.